The van der Waals surface area contributed by atoms with Crippen LogP contribution >= 0.6 is 11.3 Å². The van der Waals surface area contributed by atoms with Crippen LogP contribution in [0.25, 0.3) is 10.2 Å². The summed E-state index contributed by atoms with van der Waals surface area (Å²) in [5.41, 5.74) is -1.01. The predicted molar refractivity (Wildman–Crippen MR) is 71.8 cm³/mol. The quantitative estimate of drug-likeness (QED) is 0.804. The molecule has 0 spiro atoms. The molecular weight excluding hydrogens is 262 g/mol. The molecule has 1 atom stereocenters. The summed E-state index contributed by atoms with van der Waals surface area (Å²) in [5, 5.41) is 10.1. The van der Waals surface area contributed by atoms with Crippen molar-refractivity contribution in [2.24, 2.45) is 0 Å². The van der Waals surface area contributed by atoms with E-state index in [1.54, 1.807) is 6.92 Å². The number of aryl methyl sites for hydroxylation is 1. The number of ether oxygens (including phenoxy) is 1. The Hall–Kier alpha value is -2.00. The summed E-state index contributed by atoms with van der Waals surface area (Å²) in [6.45, 7) is 5.41. The maximum Gasteiger partial charge on any atom is 0.332 e. The molecule has 0 aliphatic carbocycles. The van der Waals surface area contributed by atoms with Crippen LogP contribution in [0, 0.1) is 18.3 Å². The molecule has 2 heterocycles. The maximum atomic E-state index is 12.0. The number of rotatable bonds is 3. The highest BCUT2D eigenvalue weighted by Crippen LogP contribution is 2.32. The second kappa shape index (κ2) is 4.94. The molecule has 2 aromatic rings. The minimum atomic E-state index is -1.41. The third-order valence-corrected chi connectivity index (χ3v) is 3.79. The Kier molecular flexibility index (Phi) is 3.49. The molecule has 0 aliphatic rings. The normalized spacial score (nSPS) is 13.8. The van der Waals surface area contributed by atoms with E-state index in [1.165, 1.54) is 24.6 Å². The molecule has 0 saturated heterocycles. The van der Waals surface area contributed by atoms with Crippen LogP contribution in [0.5, 0.6) is 0 Å². The van der Waals surface area contributed by atoms with E-state index >= 15 is 0 Å². The van der Waals surface area contributed by atoms with Gasteiger partial charge in [0.05, 0.1) is 18.4 Å². The first kappa shape index (κ1) is 13.4. The van der Waals surface area contributed by atoms with Gasteiger partial charge in [-0.05, 0) is 26.8 Å². The third-order valence-electron chi connectivity index (χ3n) is 2.83. The van der Waals surface area contributed by atoms with Gasteiger partial charge in [-0.3, -0.25) is 0 Å². The Balaban J connectivity index is 2.64. The van der Waals surface area contributed by atoms with Gasteiger partial charge in [0.25, 0.3) is 0 Å². The van der Waals surface area contributed by atoms with E-state index in [0.29, 0.717) is 5.69 Å². The van der Waals surface area contributed by atoms with Gasteiger partial charge in [0.2, 0.25) is 0 Å². The number of nitrogens with zero attached hydrogens (tertiary/aromatic N) is 3. The summed E-state index contributed by atoms with van der Waals surface area (Å²) in [5.74, 6) is -0.582. The summed E-state index contributed by atoms with van der Waals surface area (Å²) < 4.78 is 4.99. The SMILES string of the molecule is CCOC(=O)C(C)(C#N)c1ncnc2sc(C)cc12. The zero-order chi connectivity index (χ0) is 14.0. The van der Waals surface area contributed by atoms with E-state index in [1.807, 2.05) is 19.1 Å². The van der Waals surface area contributed by atoms with Gasteiger partial charge in [-0.2, -0.15) is 5.26 Å². The van der Waals surface area contributed by atoms with E-state index in [-0.39, 0.29) is 6.61 Å². The molecule has 0 N–H and O–H groups in total. The molecule has 0 aromatic carbocycles. The van der Waals surface area contributed by atoms with Crippen molar-refractivity contribution in [1.29, 1.82) is 5.26 Å². The van der Waals surface area contributed by atoms with E-state index in [2.05, 4.69) is 9.97 Å². The fourth-order valence-corrected chi connectivity index (χ4v) is 2.69. The number of carbonyl (C=O) groups is 1. The Labute approximate surface area is 114 Å². The van der Waals surface area contributed by atoms with Crippen molar-refractivity contribution in [2.45, 2.75) is 26.2 Å². The molecule has 0 fully saturated rings. The van der Waals surface area contributed by atoms with Crippen LogP contribution in [0.1, 0.15) is 24.4 Å². The molecule has 2 rings (SSSR count). The van der Waals surface area contributed by atoms with E-state index < -0.39 is 11.4 Å². The highest BCUT2D eigenvalue weighted by Gasteiger charge is 2.40. The lowest BCUT2D eigenvalue weighted by atomic mass is 9.87. The Morgan fingerprint density at radius 1 is 1.58 bits per heavy atom. The van der Waals surface area contributed by atoms with Crippen molar-refractivity contribution >= 4 is 27.5 Å². The first-order valence-corrected chi connectivity index (χ1v) is 6.64. The topological polar surface area (TPSA) is 75.9 Å². The average Bonchev–Trinajstić information content (AvgIpc) is 2.77. The summed E-state index contributed by atoms with van der Waals surface area (Å²) in [6.07, 6.45) is 1.38. The summed E-state index contributed by atoms with van der Waals surface area (Å²) in [6, 6.07) is 3.91. The largest absolute Gasteiger partial charge is 0.465 e. The van der Waals surface area contributed by atoms with Gasteiger partial charge in [0.1, 0.15) is 11.2 Å². The molecule has 0 aliphatic heterocycles. The van der Waals surface area contributed by atoms with Crippen molar-refractivity contribution in [2.75, 3.05) is 6.61 Å². The van der Waals surface area contributed by atoms with Crippen molar-refractivity contribution in [1.82, 2.24) is 9.97 Å². The monoisotopic (exact) mass is 275 g/mol. The molecule has 0 saturated carbocycles. The van der Waals surface area contributed by atoms with E-state index in [9.17, 15) is 10.1 Å². The standard InChI is InChI=1S/C13H13N3O2S/c1-4-18-12(17)13(3,6-14)10-9-5-8(2)19-11(9)16-7-15-10/h5,7H,4H2,1-3H3. The molecule has 0 radical (unpaired) electrons. The summed E-state index contributed by atoms with van der Waals surface area (Å²) >= 11 is 1.51. The highest BCUT2D eigenvalue weighted by molar-refractivity contribution is 7.18. The maximum absolute atomic E-state index is 12.0. The molecule has 1 unspecified atom stereocenters. The van der Waals surface area contributed by atoms with Crippen LogP contribution in [-0.2, 0) is 14.9 Å². The fourth-order valence-electron chi connectivity index (χ4n) is 1.85. The lowest BCUT2D eigenvalue weighted by Crippen LogP contribution is -2.34. The molecular formula is C13H13N3O2S. The fraction of sp³-hybridized carbons (Fsp3) is 0.385. The summed E-state index contributed by atoms with van der Waals surface area (Å²) in [7, 11) is 0. The number of fused-ring (bicyclic) bond motifs is 1. The number of esters is 1. The van der Waals surface area contributed by atoms with Gasteiger partial charge in [-0.15, -0.1) is 11.3 Å². The van der Waals surface area contributed by atoms with Gasteiger partial charge >= 0.3 is 5.97 Å². The minimum absolute atomic E-state index is 0.229. The molecule has 19 heavy (non-hydrogen) atoms. The second-order valence-electron chi connectivity index (χ2n) is 4.26. The van der Waals surface area contributed by atoms with Gasteiger partial charge in [-0.1, -0.05) is 0 Å². The highest BCUT2D eigenvalue weighted by atomic mass is 32.1. The second-order valence-corrected chi connectivity index (χ2v) is 5.49. The number of hydrogen-bond donors (Lipinski definition) is 0. The Bertz CT molecular complexity index is 674. The number of carbonyl (C=O) groups excluding carboxylic acids is 1. The minimum Gasteiger partial charge on any atom is -0.465 e. The van der Waals surface area contributed by atoms with E-state index in [0.717, 1.165) is 15.1 Å². The molecule has 0 amide bonds. The lowest BCUT2D eigenvalue weighted by molar-refractivity contribution is -0.147. The van der Waals surface area contributed by atoms with E-state index in [4.69, 9.17) is 4.74 Å². The van der Waals surface area contributed by atoms with Gasteiger partial charge in [0.15, 0.2) is 5.41 Å². The smallest absolute Gasteiger partial charge is 0.332 e. The van der Waals surface area contributed by atoms with Crippen LogP contribution in [-0.4, -0.2) is 22.5 Å². The first-order valence-electron chi connectivity index (χ1n) is 5.83. The molecule has 2 aromatic heterocycles. The van der Waals surface area contributed by atoms with Crippen LogP contribution in [0.2, 0.25) is 0 Å². The van der Waals surface area contributed by atoms with Crippen molar-refractivity contribution in [3.05, 3.63) is 23.0 Å². The Morgan fingerprint density at radius 2 is 2.32 bits per heavy atom. The van der Waals surface area contributed by atoms with Crippen LogP contribution in [0.3, 0.4) is 0 Å². The van der Waals surface area contributed by atoms with Crippen LogP contribution in [0.4, 0.5) is 0 Å². The number of nitriles is 1. The number of thiophene rings is 1. The zero-order valence-electron chi connectivity index (χ0n) is 10.9. The zero-order valence-corrected chi connectivity index (χ0v) is 11.7. The van der Waals surface area contributed by atoms with Gasteiger partial charge < -0.3 is 4.74 Å². The van der Waals surface area contributed by atoms with Gasteiger partial charge in [-0.25, -0.2) is 14.8 Å². The van der Waals surface area contributed by atoms with Gasteiger partial charge in [0, 0.05) is 10.3 Å². The lowest BCUT2D eigenvalue weighted by Gasteiger charge is -2.19. The summed E-state index contributed by atoms with van der Waals surface area (Å²) in [4.78, 5) is 22.2. The predicted octanol–water partition coefficient (Wildman–Crippen LogP) is 2.34. The van der Waals surface area contributed by atoms with Crippen molar-refractivity contribution < 1.29 is 9.53 Å². The average molecular weight is 275 g/mol. The number of hydrogen-bond acceptors (Lipinski definition) is 6. The Morgan fingerprint density at radius 3 is 2.95 bits per heavy atom. The molecule has 98 valence electrons. The molecule has 0 bridgehead atoms. The number of aromatic nitrogens is 2. The van der Waals surface area contributed by atoms with Crippen molar-refractivity contribution in [3.8, 4) is 6.07 Å². The van der Waals surface area contributed by atoms with Crippen LogP contribution in [0.15, 0.2) is 12.4 Å². The molecule has 5 nitrogen and oxygen atoms in total. The molecule has 6 heteroatoms. The third kappa shape index (κ3) is 2.17. The first-order chi connectivity index (χ1) is 9.02. The van der Waals surface area contributed by atoms with Crippen LogP contribution < -0.4 is 0 Å². The van der Waals surface area contributed by atoms with Crippen molar-refractivity contribution in [3.63, 3.8) is 0 Å².